The number of cyclic esters (lactones) is 1. The maximum absolute atomic E-state index is 11.0. The Bertz CT molecular complexity index is 459. The van der Waals surface area contributed by atoms with E-state index in [9.17, 15) is 4.79 Å². The van der Waals surface area contributed by atoms with Crippen molar-refractivity contribution < 1.29 is 9.53 Å². The first-order valence-corrected chi connectivity index (χ1v) is 6.09. The highest BCUT2D eigenvalue weighted by Gasteiger charge is 2.25. The molecule has 0 bridgehead atoms. The van der Waals surface area contributed by atoms with Crippen LogP contribution in [0.15, 0.2) is 18.2 Å². The molecule has 0 spiro atoms. The highest BCUT2D eigenvalue weighted by molar-refractivity contribution is 5.70. The summed E-state index contributed by atoms with van der Waals surface area (Å²) < 4.78 is 4.92. The van der Waals surface area contributed by atoms with Crippen LogP contribution in [0, 0.1) is 0 Å². The average molecular weight is 232 g/mol. The van der Waals surface area contributed by atoms with Crippen molar-refractivity contribution in [1.29, 1.82) is 0 Å². The Balaban J connectivity index is 1.87. The van der Waals surface area contributed by atoms with E-state index in [4.69, 9.17) is 4.74 Å². The van der Waals surface area contributed by atoms with Crippen molar-refractivity contribution >= 4 is 11.8 Å². The largest absolute Gasteiger partial charge is 0.447 e. The van der Waals surface area contributed by atoms with Crippen LogP contribution in [0.1, 0.15) is 24.1 Å². The maximum Gasteiger partial charge on any atom is 0.407 e. The highest BCUT2D eigenvalue weighted by atomic mass is 16.6. The lowest BCUT2D eigenvalue weighted by molar-refractivity contribution is 0.177. The molecule has 4 nitrogen and oxygen atoms in total. The molecule has 1 saturated heterocycles. The average Bonchev–Trinajstić information content (AvgIpc) is 2.94. The Morgan fingerprint density at radius 1 is 1.53 bits per heavy atom. The monoisotopic (exact) mass is 232 g/mol. The van der Waals surface area contributed by atoms with Crippen LogP contribution in [0.2, 0.25) is 0 Å². The van der Waals surface area contributed by atoms with Crippen molar-refractivity contribution in [3.63, 3.8) is 0 Å². The van der Waals surface area contributed by atoms with Gasteiger partial charge in [0.1, 0.15) is 6.61 Å². The van der Waals surface area contributed by atoms with E-state index in [1.54, 1.807) is 0 Å². The van der Waals surface area contributed by atoms with E-state index in [-0.39, 0.29) is 12.1 Å². The molecule has 0 radical (unpaired) electrons. The van der Waals surface area contributed by atoms with Crippen LogP contribution in [0.4, 0.5) is 10.5 Å². The fourth-order valence-electron chi connectivity index (χ4n) is 2.60. The van der Waals surface area contributed by atoms with Gasteiger partial charge in [-0.15, -0.1) is 0 Å². The SMILES string of the molecule is CCN1CCc2cc(C3COC(=O)N3)ccc21. The van der Waals surface area contributed by atoms with Gasteiger partial charge in [-0.3, -0.25) is 0 Å². The van der Waals surface area contributed by atoms with Crippen LogP contribution >= 0.6 is 0 Å². The van der Waals surface area contributed by atoms with Gasteiger partial charge in [-0.2, -0.15) is 0 Å². The highest BCUT2D eigenvalue weighted by Crippen LogP contribution is 2.31. The first-order valence-electron chi connectivity index (χ1n) is 6.09. The number of anilines is 1. The van der Waals surface area contributed by atoms with Crippen molar-refractivity contribution in [2.75, 3.05) is 24.6 Å². The number of likely N-dealkylation sites (N-methyl/N-ethyl adjacent to an activating group) is 1. The summed E-state index contributed by atoms with van der Waals surface area (Å²) in [5, 5.41) is 2.81. The van der Waals surface area contributed by atoms with Crippen LogP contribution in [0.5, 0.6) is 0 Å². The molecule has 17 heavy (non-hydrogen) atoms. The summed E-state index contributed by atoms with van der Waals surface area (Å²) in [6.07, 6.45) is 0.782. The first kappa shape index (κ1) is 10.4. The molecule has 90 valence electrons. The molecule has 1 aromatic carbocycles. The number of hydrogen-bond donors (Lipinski definition) is 1. The lowest BCUT2D eigenvalue weighted by Gasteiger charge is -2.17. The van der Waals surface area contributed by atoms with Gasteiger partial charge in [0, 0.05) is 18.8 Å². The summed E-state index contributed by atoms with van der Waals surface area (Å²) in [5.74, 6) is 0. The number of fused-ring (bicyclic) bond motifs is 1. The third-order valence-electron chi connectivity index (χ3n) is 3.55. The predicted molar refractivity (Wildman–Crippen MR) is 65.3 cm³/mol. The van der Waals surface area contributed by atoms with Crippen LogP contribution in [0.25, 0.3) is 0 Å². The van der Waals surface area contributed by atoms with Crippen molar-refractivity contribution in [2.45, 2.75) is 19.4 Å². The van der Waals surface area contributed by atoms with Crippen LogP contribution < -0.4 is 10.2 Å². The number of rotatable bonds is 2. The second-order valence-electron chi connectivity index (χ2n) is 4.51. The summed E-state index contributed by atoms with van der Waals surface area (Å²) in [4.78, 5) is 13.4. The minimum Gasteiger partial charge on any atom is -0.447 e. The Hall–Kier alpha value is -1.71. The molecule has 1 N–H and O–H groups in total. The topological polar surface area (TPSA) is 41.6 Å². The molecule has 4 heteroatoms. The Labute approximate surface area is 101 Å². The minimum absolute atomic E-state index is 0.0171. The van der Waals surface area contributed by atoms with E-state index in [0.29, 0.717) is 6.61 Å². The van der Waals surface area contributed by atoms with E-state index < -0.39 is 0 Å². The van der Waals surface area contributed by atoms with Gasteiger partial charge in [-0.25, -0.2) is 4.79 Å². The lowest BCUT2D eigenvalue weighted by Crippen LogP contribution is -2.19. The number of amides is 1. The molecule has 1 unspecified atom stereocenters. The summed E-state index contributed by atoms with van der Waals surface area (Å²) in [5.41, 5.74) is 3.86. The maximum atomic E-state index is 11.0. The van der Waals surface area contributed by atoms with Gasteiger partial charge in [0.25, 0.3) is 0 Å². The normalized spacial score (nSPS) is 22.3. The molecule has 3 rings (SSSR count). The number of carbonyl (C=O) groups excluding carboxylic acids is 1. The summed E-state index contributed by atoms with van der Waals surface area (Å²) >= 11 is 0. The molecule has 1 amide bonds. The number of hydrogen-bond acceptors (Lipinski definition) is 3. The standard InChI is InChI=1S/C13H16N2O2/c1-2-15-6-5-10-7-9(3-4-12(10)15)11-8-17-13(16)14-11/h3-4,7,11H,2,5-6,8H2,1H3,(H,14,16). The molecule has 0 aromatic heterocycles. The van der Waals surface area contributed by atoms with Gasteiger partial charge in [0.15, 0.2) is 0 Å². The fraction of sp³-hybridized carbons (Fsp3) is 0.462. The van der Waals surface area contributed by atoms with Crippen molar-refractivity contribution in [3.05, 3.63) is 29.3 Å². The predicted octanol–water partition coefficient (Wildman–Crippen LogP) is 1.85. The molecule has 1 aromatic rings. The van der Waals surface area contributed by atoms with Gasteiger partial charge < -0.3 is 15.0 Å². The van der Waals surface area contributed by atoms with E-state index in [2.05, 4.69) is 35.3 Å². The smallest absolute Gasteiger partial charge is 0.407 e. The summed E-state index contributed by atoms with van der Waals surface area (Å²) in [7, 11) is 0. The zero-order valence-corrected chi connectivity index (χ0v) is 9.90. The van der Waals surface area contributed by atoms with Gasteiger partial charge in [-0.1, -0.05) is 12.1 Å². The van der Waals surface area contributed by atoms with Crippen molar-refractivity contribution in [1.82, 2.24) is 5.32 Å². The van der Waals surface area contributed by atoms with E-state index >= 15 is 0 Å². The number of ether oxygens (including phenoxy) is 1. The number of alkyl carbamates (subject to hydrolysis) is 1. The molecular weight excluding hydrogens is 216 g/mol. The molecule has 2 aliphatic rings. The van der Waals surface area contributed by atoms with E-state index in [1.807, 2.05) is 0 Å². The van der Waals surface area contributed by atoms with Gasteiger partial charge >= 0.3 is 6.09 Å². The Kier molecular flexibility index (Phi) is 2.42. The molecule has 1 fully saturated rings. The van der Waals surface area contributed by atoms with Crippen LogP contribution in [-0.2, 0) is 11.2 Å². The van der Waals surface area contributed by atoms with Crippen molar-refractivity contribution in [3.8, 4) is 0 Å². The number of carbonyl (C=O) groups is 1. The fourth-order valence-corrected chi connectivity index (χ4v) is 2.60. The lowest BCUT2D eigenvalue weighted by atomic mass is 10.0. The second-order valence-corrected chi connectivity index (χ2v) is 4.51. The second kappa shape index (κ2) is 3.95. The van der Waals surface area contributed by atoms with Gasteiger partial charge in [0.05, 0.1) is 6.04 Å². The molecule has 0 saturated carbocycles. The third-order valence-corrected chi connectivity index (χ3v) is 3.55. The van der Waals surface area contributed by atoms with E-state index in [0.717, 1.165) is 25.1 Å². The number of benzene rings is 1. The van der Waals surface area contributed by atoms with Crippen molar-refractivity contribution in [2.24, 2.45) is 0 Å². The van der Waals surface area contributed by atoms with E-state index in [1.165, 1.54) is 11.3 Å². The first-order chi connectivity index (χ1) is 8.28. The minimum atomic E-state index is -0.314. The number of nitrogens with one attached hydrogen (secondary N) is 1. The third kappa shape index (κ3) is 1.73. The zero-order valence-electron chi connectivity index (χ0n) is 9.90. The Morgan fingerprint density at radius 2 is 2.41 bits per heavy atom. The quantitative estimate of drug-likeness (QED) is 0.846. The van der Waals surface area contributed by atoms with Crippen LogP contribution in [0.3, 0.4) is 0 Å². The molecule has 2 heterocycles. The van der Waals surface area contributed by atoms with Gasteiger partial charge in [0.2, 0.25) is 0 Å². The summed E-state index contributed by atoms with van der Waals surface area (Å²) in [6, 6.07) is 6.46. The molecular formula is C13H16N2O2. The summed E-state index contributed by atoms with van der Waals surface area (Å²) in [6.45, 7) is 4.77. The molecule has 1 atom stereocenters. The van der Waals surface area contributed by atoms with Crippen LogP contribution in [-0.4, -0.2) is 25.8 Å². The molecule has 2 aliphatic heterocycles. The molecule has 0 aliphatic carbocycles. The zero-order chi connectivity index (χ0) is 11.8. The van der Waals surface area contributed by atoms with Gasteiger partial charge in [-0.05, 0) is 30.5 Å². The number of nitrogens with zero attached hydrogens (tertiary/aromatic N) is 1. The Morgan fingerprint density at radius 3 is 3.12 bits per heavy atom.